The van der Waals surface area contributed by atoms with Gasteiger partial charge in [-0.05, 0) is 52.7 Å². The van der Waals surface area contributed by atoms with E-state index in [0.717, 1.165) is 22.2 Å². The number of halogens is 3. The number of nitrogens with one attached hydrogen (secondary N) is 1. The highest BCUT2D eigenvalue weighted by Crippen LogP contribution is 2.18. The number of hydrogen-bond donors (Lipinski definition) is 1. The lowest BCUT2D eigenvalue weighted by atomic mass is 10.1. The van der Waals surface area contributed by atoms with Gasteiger partial charge in [0.05, 0.1) is 0 Å². The van der Waals surface area contributed by atoms with Gasteiger partial charge in [0.15, 0.2) is 0 Å². The van der Waals surface area contributed by atoms with E-state index in [9.17, 15) is 8.78 Å². The van der Waals surface area contributed by atoms with Crippen molar-refractivity contribution in [3.63, 3.8) is 0 Å². The molecule has 0 saturated carbocycles. The molecule has 0 aliphatic carbocycles. The van der Waals surface area contributed by atoms with Gasteiger partial charge in [0.2, 0.25) is 0 Å². The molecule has 19 heavy (non-hydrogen) atoms. The van der Waals surface area contributed by atoms with Crippen molar-refractivity contribution in [3.05, 3.63) is 63.9 Å². The second kappa shape index (κ2) is 6.21. The van der Waals surface area contributed by atoms with Crippen molar-refractivity contribution in [2.45, 2.75) is 19.5 Å². The van der Waals surface area contributed by atoms with Crippen molar-refractivity contribution >= 4 is 15.9 Å². The normalized spacial score (nSPS) is 12.4. The van der Waals surface area contributed by atoms with Gasteiger partial charge < -0.3 is 5.32 Å². The molecule has 1 aromatic carbocycles. The van der Waals surface area contributed by atoms with Gasteiger partial charge >= 0.3 is 0 Å². The van der Waals surface area contributed by atoms with Crippen LogP contribution in [0, 0.1) is 11.6 Å². The Balaban J connectivity index is 2.05. The van der Waals surface area contributed by atoms with E-state index in [1.807, 2.05) is 6.07 Å². The fourth-order valence-electron chi connectivity index (χ4n) is 1.78. The summed E-state index contributed by atoms with van der Waals surface area (Å²) in [5.41, 5.74) is 1.29. The van der Waals surface area contributed by atoms with Crippen molar-refractivity contribution in [3.8, 4) is 0 Å². The van der Waals surface area contributed by atoms with E-state index >= 15 is 0 Å². The molecule has 0 bridgehead atoms. The van der Waals surface area contributed by atoms with Crippen LogP contribution >= 0.6 is 15.9 Å². The van der Waals surface area contributed by atoms with Crippen LogP contribution in [0.15, 0.2) is 41.1 Å². The first kappa shape index (κ1) is 14.1. The predicted octanol–water partition coefficient (Wildman–Crippen LogP) is 3.97. The third-order valence-corrected chi connectivity index (χ3v) is 3.23. The lowest BCUT2D eigenvalue weighted by molar-refractivity contribution is 0.518. The summed E-state index contributed by atoms with van der Waals surface area (Å²) in [5, 5.41) is 3.14. The van der Waals surface area contributed by atoms with Gasteiger partial charge in [0.1, 0.15) is 11.6 Å². The minimum atomic E-state index is -0.436. The molecule has 0 radical (unpaired) electrons. The van der Waals surface area contributed by atoms with Crippen LogP contribution < -0.4 is 5.32 Å². The Bertz CT molecular complexity index is 575. The number of pyridine rings is 1. The molecular formula is C14H13BrF2N2. The highest BCUT2D eigenvalue weighted by atomic mass is 79.9. The van der Waals surface area contributed by atoms with Gasteiger partial charge in [-0.1, -0.05) is 0 Å². The molecule has 0 aliphatic rings. The van der Waals surface area contributed by atoms with Crippen LogP contribution in [-0.4, -0.2) is 4.98 Å². The topological polar surface area (TPSA) is 24.9 Å². The summed E-state index contributed by atoms with van der Waals surface area (Å²) < 4.78 is 27.6. The van der Waals surface area contributed by atoms with E-state index in [1.165, 1.54) is 6.07 Å². The van der Waals surface area contributed by atoms with E-state index in [-0.39, 0.29) is 6.04 Å². The molecule has 100 valence electrons. The van der Waals surface area contributed by atoms with Crippen LogP contribution in [-0.2, 0) is 6.54 Å². The maximum atomic E-state index is 13.6. The molecule has 0 fully saturated rings. The smallest absolute Gasteiger partial charge is 0.128 e. The Morgan fingerprint density at radius 3 is 2.79 bits per heavy atom. The number of hydrogen-bond acceptors (Lipinski definition) is 2. The fraction of sp³-hybridized carbons (Fsp3) is 0.214. The first-order chi connectivity index (χ1) is 9.06. The van der Waals surface area contributed by atoms with Gasteiger partial charge in [0.25, 0.3) is 0 Å². The molecular weight excluding hydrogens is 314 g/mol. The highest BCUT2D eigenvalue weighted by molar-refractivity contribution is 9.10. The molecule has 2 nitrogen and oxygen atoms in total. The number of nitrogens with zero attached hydrogens (tertiary/aromatic N) is 1. The van der Waals surface area contributed by atoms with Crippen LogP contribution in [0.4, 0.5) is 8.78 Å². The molecule has 1 N–H and O–H groups in total. The Morgan fingerprint density at radius 1 is 1.26 bits per heavy atom. The first-order valence-corrected chi connectivity index (χ1v) is 6.63. The molecule has 2 rings (SSSR count). The minimum Gasteiger partial charge on any atom is -0.306 e. The summed E-state index contributed by atoms with van der Waals surface area (Å²) >= 11 is 3.34. The summed E-state index contributed by atoms with van der Waals surface area (Å²) in [6.07, 6.45) is 3.42. The van der Waals surface area contributed by atoms with Crippen LogP contribution in [0.25, 0.3) is 0 Å². The molecule has 1 heterocycles. The van der Waals surface area contributed by atoms with Gasteiger partial charge in [-0.3, -0.25) is 4.98 Å². The lowest BCUT2D eigenvalue weighted by Gasteiger charge is -2.15. The molecule has 1 atom stereocenters. The van der Waals surface area contributed by atoms with Crippen molar-refractivity contribution < 1.29 is 8.78 Å². The quantitative estimate of drug-likeness (QED) is 0.919. The number of benzene rings is 1. The zero-order chi connectivity index (χ0) is 13.8. The summed E-state index contributed by atoms with van der Waals surface area (Å²) in [7, 11) is 0. The fourth-order valence-corrected chi connectivity index (χ4v) is 2.19. The highest BCUT2D eigenvalue weighted by Gasteiger charge is 2.11. The third-order valence-electron chi connectivity index (χ3n) is 2.80. The molecule has 0 saturated heterocycles. The van der Waals surface area contributed by atoms with Gasteiger partial charge in [-0.15, -0.1) is 0 Å². The van der Waals surface area contributed by atoms with Crippen molar-refractivity contribution in [1.29, 1.82) is 0 Å². The molecule has 0 amide bonds. The Morgan fingerprint density at radius 2 is 2.05 bits per heavy atom. The van der Waals surface area contributed by atoms with Crippen molar-refractivity contribution in [1.82, 2.24) is 10.3 Å². The average Bonchev–Trinajstić information content (AvgIpc) is 2.39. The summed E-state index contributed by atoms with van der Waals surface area (Å²) in [5.74, 6) is -0.845. The van der Waals surface area contributed by atoms with Crippen LogP contribution in [0.1, 0.15) is 24.1 Å². The second-order valence-corrected chi connectivity index (χ2v) is 5.20. The molecule has 2 aromatic rings. The zero-order valence-corrected chi connectivity index (χ0v) is 11.9. The number of rotatable bonds is 4. The number of aromatic nitrogens is 1. The van der Waals surface area contributed by atoms with E-state index in [0.29, 0.717) is 12.1 Å². The predicted molar refractivity (Wildman–Crippen MR) is 73.5 cm³/mol. The summed E-state index contributed by atoms with van der Waals surface area (Å²) in [6.45, 7) is 2.33. The SMILES string of the molecule is CC(NCc1cncc(Br)c1)c1cc(F)ccc1F. The minimum absolute atomic E-state index is 0.283. The van der Waals surface area contributed by atoms with Gasteiger partial charge in [0, 0.05) is 35.0 Å². The Labute approximate surface area is 119 Å². The molecule has 5 heteroatoms. The second-order valence-electron chi connectivity index (χ2n) is 4.28. The summed E-state index contributed by atoms with van der Waals surface area (Å²) in [4.78, 5) is 4.05. The van der Waals surface area contributed by atoms with E-state index in [2.05, 4.69) is 26.2 Å². The van der Waals surface area contributed by atoms with E-state index in [1.54, 1.807) is 19.3 Å². The van der Waals surface area contributed by atoms with Gasteiger partial charge in [-0.25, -0.2) is 8.78 Å². The molecule has 0 aliphatic heterocycles. The van der Waals surface area contributed by atoms with Crippen LogP contribution in [0.3, 0.4) is 0 Å². The lowest BCUT2D eigenvalue weighted by Crippen LogP contribution is -2.19. The van der Waals surface area contributed by atoms with Crippen LogP contribution in [0.2, 0.25) is 0 Å². The van der Waals surface area contributed by atoms with E-state index < -0.39 is 11.6 Å². The average molecular weight is 327 g/mol. The standard InChI is InChI=1S/C14H13BrF2N2/c1-9(13-5-12(16)2-3-14(13)17)19-7-10-4-11(15)8-18-6-10/h2-6,8-9,19H,7H2,1H3. The molecule has 1 unspecified atom stereocenters. The molecule has 0 spiro atoms. The van der Waals surface area contributed by atoms with Gasteiger partial charge in [-0.2, -0.15) is 0 Å². The summed E-state index contributed by atoms with van der Waals surface area (Å²) in [6, 6.07) is 5.11. The van der Waals surface area contributed by atoms with Crippen LogP contribution in [0.5, 0.6) is 0 Å². The maximum Gasteiger partial charge on any atom is 0.128 e. The Kier molecular flexibility index (Phi) is 4.61. The van der Waals surface area contributed by atoms with Crippen molar-refractivity contribution in [2.24, 2.45) is 0 Å². The van der Waals surface area contributed by atoms with E-state index in [4.69, 9.17) is 0 Å². The largest absolute Gasteiger partial charge is 0.306 e. The Hall–Kier alpha value is -1.33. The first-order valence-electron chi connectivity index (χ1n) is 5.84. The zero-order valence-electron chi connectivity index (χ0n) is 10.3. The maximum absolute atomic E-state index is 13.6. The molecule has 1 aromatic heterocycles. The third kappa shape index (κ3) is 3.81. The monoisotopic (exact) mass is 326 g/mol. The van der Waals surface area contributed by atoms with Crippen molar-refractivity contribution in [2.75, 3.05) is 0 Å².